The van der Waals surface area contributed by atoms with E-state index in [1.54, 1.807) is 13.8 Å². The van der Waals surface area contributed by atoms with Crippen LogP contribution >= 0.6 is 68.9 Å². The van der Waals surface area contributed by atoms with Crippen LogP contribution in [0.5, 0.6) is 0 Å². The van der Waals surface area contributed by atoms with Gasteiger partial charge >= 0.3 is 17.8 Å². The van der Waals surface area contributed by atoms with Gasteiger partial charge in [0.05, 0.1) is 18.9 Å². The average molecular weight is 621 g/mol. The SMILES string of the molecule is Cc1cc2sc3c(c2s1)SC1(C)C3=C2C(=C3c4sc5cc(C)sc5c4SC31C)C(F)(F)C(F)(F)C2(F)F. The molecule has 0 N–H and O–H groups in total. The first-order valence-electron chi connectivity index (χ1n) is 11.2. The maximum atomic E-state index is 15.7. The van der Waals surface area contributed by atoms with Crippen LogP contribution in [0.2, 0.25) is 0 Å². The highest BCUT2D eigenvalue weighted by molar-refractivity contribution is 8.06. The Kier molecular flexibility index (Phi) is 4.21. The lowest BCUT2D eigenvalue weighted by Crippen LogP contribution is -2.47. The molecule has 0 aromatic carbocycles. The molecule has 6 heterocycles. The number of alkyl halides is 6. The Morgan fingerprint density at radius 1 is 0.568 bits per heavy atom. The van der Waals surface area contributed by atoms with Gasteiger partial charge in [0.25, 0.3) is 0 Å². The zero-order valence-corrected chi connectivity index (χ0v) is 24.3. The molecular formula is C25H14F6S6. The zero-order chi connectivity index (χ0) is 26.2. The van der Waals surface area contributed by atoms with E-state index in [0.717, 1.165) is 38.3 Å². The van der Waals surface area contributed by atoms with Crippen LogP contribution in [0.4, 0.5) is 26.3 Å². The maximum absolute atomic E-state index is 15.7. The van der Waals surface area contributed by atoms with Crippen LogP contribution < -0.4 is 0 Å². The van der Waals surface area contributed by atoms with Crippen molar-refractivity contribution < 1.29 is 26.3 Å². The fourth-order valence-electron chi connectivity index (χ4n) is 6.19. The molecule has 0 amide bonds. The first kappa shape index (κ1) is 23.9. The number of rotatable bonds is 0. The molecule has 0 saturated heterocycles. The number of halogens is 6. The van der Waals surface area contributed by atoms with Crippen molar-refractivity contribution in [3.8, 4) is 0 Å². The van der Waals surface area contributed by atoms with E-state index in [1.807, 2.05) is 26.0 Å². The number of fused-ring (bicyclic) bond motifs is 12. The Labute approximate surface area is 231 Å². The minimum Gasteiger partial charge on any atom is -0.194 e. The quantitative estimate of drug-likeness (QED) is 0.179. The van der Waals surface area contributed by atoms with E-state index in [0.29, 0.717) is 9.75 Å². The van der Waals surface area contributed by atoms with Crippen LogP contribution in [0.15, 0.2) is 33.1 Å². The molecule has 192 valence electrons. The Morgan fingerprint density at radius 2 is 0.946 bits per heavy atom. The Hall–Kier alpha value is -0.920. The fourth-order valence-corrected chi connectivity index (χ4v) is 15.5. The molecule has 12 heteroatoms. The van der Waals surface area contributed by atoms with E-state index in [1.165, 1.54) is 68.9 Å². The van der Waals surface area contributed by atoms with E-state index in [2.05, 4.69) is 0 Å². The number of hydrogen-bond acceptors (Lipinski definition) is 6. The Morgan fingerprint density at radius 3 is 1.32 bits per heavy atom. The summed E-state index contributed by atoms with van der Waals surface area (Å²) in [5.74, 6) is -15.6. The van der Waals surface area contributed by atoms with Crippen molar-refractivity contribution in [2.75, 3.05) is 0 Å². The van der Waals surface area contributed by atoms with E-state index < -0.39 is 38.4 Å². The molecule has 0 radical (unpaired) electrons. The van der Waals surface area contributed by atoms with Gasteiger partial charge in [-0.15, -0.1) is 68.9 Å². The third-order valence-electron chi connectivity index (χ3n) is 7.99. The van der Waals surface area contributed by atoms with Crippen molar-refractivity contribution in [3.05, 3.63) is 42.8 Å². The number of aryl methyl sites for hydroxylation is 2. The van der Waals surface area contributed by atoms with Gasteiger partial charge in [-0.05, 0) is 51.0 Å². The van der Waals surface area contributed by atoms with E-state index >= 15 is 26.3 Å². The first-order chi connectivity index (χ1) is 17.1. The summed E-state index contributed by atoms with van der Waals surface area (Å²) in [5.41, 5.74) is -2.39. The average Bonchev–Trinajstić information content (AvgIpc) is 3.58. The second-order valence-corrected chi connectivity index (χ2v) is 17.6. The number of thiophene rings is 4. The van der Waals surface area contributed by atoms with E-state index in [4.69, 9.17) is 0 Å². The molecule has 1 saturated carbocycles. The van der Waals surface area contributed by atoms with Crippen molar-refractivity contribution in [2.45, 2.75) is 64.7 Å². The summed E-state index contributed by atoms with van der Waals surface area (Å²) < 4.78 is 94.5. The molecule has 8 rings (SSSR count). The highest BCUT2D eigenvalue weighted by Gasteiger charge is 2.85. The van der Waals surface area contributed by atoms with Gasteiger partial charge in [0, 0.05) is 49.8 Å². The highest BCUT2D eigenvalue weighted by Crippen LogP contribution is 2.80. The van der Waals surface area contributed by atoms with Crippen molar-refractivity contribution in [2.24, 2.45) is 0 Å². The molecule has 2 aliphatic carbocycles. The summed E-state index contributed by atoms with van der Waals surface area (Å²) in [4.78, 5) is 4.44. The summed E-state index contributed by atoms with van der Waals surface area (Å²) in [6, 6.07) is 3.87. The van der Waals surface area contributed by atoms with Crippen molar-refractivity contribution in [3.63, 3.8) is 0 Å². The Balaban J connectivity index is 1.56. The summed E-state index contributed by atoms with van der Waals surface area (Å²) in [6.07, 6.45) is 0. The first-order valence-corrected chi connectivity index (χ1v) is 16.1. The maximum Gasteiger partial charge on any atom is 0.380 e. The van der Waals surface area contributed by atoms with Gasteiger partial charge in [-0.3, -0.25) is 0 Å². The lowest BCUT2D eigenvalue weighted by atomic mass is 9.71. The highest BCUT2D eigenvalue weighted by atomic mass is 32.2. The van der Waals surface area contributed by atoms with Gasteiger partial charge in [-0.25, -0.2) is 0 Å². The second kappa shape index (κ2) is 6.52. The molecule has 1 fully saturated rings. The summed E-state index contributed by atoms with van der Waals surface area (Å²) >= 11 is 8.28. The molecule has 0 bridgehead atoms. The van der Waals surface area contributed by atoms with Gasteiger partial charge in [0.2, 0.25) is 0 Å². The predicted octanol–water partition coefficient (Wildman–Crippen LogP) is 10.7. The van der Waals surface area contributed by atoms with Crippen molar-refractivity contribution >= 4 is 98.8 Å². The Bertz CT molecular complexity index is 1700. The topological polar surface area (TPSA) is 0 Å². The minimum absolute atomic E-state index is 0.0390. The molecule has 4 aliphatic rings. The summed E-state index contributed by atoms with van der Waals surface area (Å²) in [6.45, 7) is 7.46. The molecule has 0 nitrogen and oxygen atoms in total. The minimum atomic E-state index is -5.53. The summed E-state index contributed by atoms with van der Waals surface area (Å²) in [7, 11) is 0. The molecule has 0 spiro atoms. The lowest BCUT2D eigenvalue weighted by molar-refractivity contribution is -0.257. The summed E-state index contributed by atoms with van der Waals surface area (Å²) in [5, 5.41) is 0. The van der Waals surface area contributed by atoms with Crippen molar-refractivity contribution in [1.29, 1.82) is 0 Å². The van der Waals surface area contributed by atoms with E-state index in [9.17, 15) is 0 Å². The van der Waals surface area contributed by atoms with Crippen LogP contribution in [0, 0.1) is 13.8 Å². The van der Waals surface area contributed by atoms with Crippen LogP contribution in [0.1, 0.15) is 33.4 Å². The third kappa shape index (κ3) is 2.34. The van der Waals surface area contributed by atoms with Gasteiger partial charge in [0.15, 0.2) is 0 Å². The molecule has 2 unspecified atom stereocenters. The van der Waals surface area contributed by atoms with E-state index in [-0.39, 0.29) is 11.1 Å². The zero-order valence-electron chi connectivity index (χ0n) is 19.4. The molecule has 2 aliphatic heterocycles. The van der Waals surface area contributed by atoms with Crippen LogP contribution in [0.3, 0.4) is 0 Å². The van der Waals surface area contributed by atoms with Crippen LogP contribution in [-0.2, 0) is 0 Å². The van der Waals surface area contributed by atoms with Crippen LogP contribution in [0.25, 0.3) is 29.9 Å². The van der Waals surface area contributed by atoms with Gasteiger partial charge < -0.3 is 0 Å². The molecule has 4 aromatic rings. The largest absolute Gasteiger partial charge is 0.380 e. The van der Waals surface area contributed by atoms with Crippen molar-refractivity contribution in [1.82, 2.24) is 0 Å². The van der Waals surface area contributed by atoms with Gasteiger partial charge in [-0.1, -0.05) is 0 Å². The molecule has 4 aromatic heterocycles. The fraction of sp³-hybridized carbons (Fsp3) is 0.360. The third-order valence-corrected chi connectivity index (χ3v) is 16.6. The smallest absolute Gasteiger partial charge is 0.194 e. The number of thioether (sulfide) groups is 2. The monoisotopic (exact) mass is 620 g/mol. The standard InChI is InChI=1S/C25H14F6S6/c1-7-5-9-15(32-7)19-17(34-9)13-11-12(24(28,29)25(30,31)23(11,26)27)14-18-20(16-10(35-18)6-8(2)33-16)37-22(14,4)21(13,3)36-19/h5-6H,1-4H3. The molecule has 37 heavy (non-hydrogen) atoms. The number of hydrogen-bond donors (Lipinski definition) is 0. The molecular weight excluding hydrogens is 607 g/mol. The normalized spacial score (nSPS) is 30.3. The predicted molar refractivity (Wildman–Crippen MR) is 146 cm³/mol. The lowest BCUT2D eigenvalue weighted by Gasteiger charge is -2.46. The molecule has 2 atom stereocenters. The number of allylic oxidation sites excluding steroid dienone is 2. The van der Waals surface area contributed by atoms with Gasteiger partial charge in [-0.2, -0.15) is 26.3 Å². The van der Waals surface area contributed by atoms with Crippen LogP contribution in [-0.4, -0.2) is 27.3 Å². The second-order valence-electron chi connectivity index (χ2n) is 10.1. The van der Waals surface area contributed by atoms with Gasteiger partial charge in [0.1, 0.15) is 0 Å².